The van der Waals surface area contributed by atoms with Gasteiger partial charge in [-0.3, -0.25) is 9.52 Å². The van der Waals surface area contributed by atoms with Gasteiger partial charge in [0.15, 0.2) is 0 Å². The number of para-hydroxylation sites is 1. The fourth-order valence-corrected chi connectivity index (χ4v) is 6.21. The third-order valence-electron chi connectivity index (χ3n) is 5.52. The second-order valence-electron chi connectivity index (χ2n) is 8.24. The Labute approximate surface area is 228 Å². The summed E-state index contributed by atoms with van der Waals surface area (Å²) in [5, 5.41) is 0. The van der Waals surface area contributed by atoms with Crippen LogP contribution in [-0.4, -0.2) is 31.5 Å². The molecule has 13 heteroatoms. The highest BCUT2D eigenvalue weighted by atomic mass is 32.2. The topological polar surface area (TPSA) is 144 Å². The fourth-order valence-electron chi connectivity index (χ4n) is 3.63. The molecule has 0 saturated carbocycles. The molecule has 0 aliphatic carbocycles. The van der Waals surface area contributed by atoms with Crippen molar-refractivity contribution in [2.45, 2.75) is 15.9 Å². The number of carbonyl (C=O) groups is 1. The first-order valence-corrected chi connectivity index (χ1v) is 15.1. The zero-order valence-electron chi connectivity index (χ0n) is 20.0. The molecule has 0 saturated heterocycles. The number of rotatable bonds is 9. The number of ether oxygens (including phenoxy) is 1. The Morgan fingerprint density at radius 1 is 0.718 bits per heavy atom. The van der Waals surface area contributed by atoms with Crippen LogP contribution in [-0.2, 0) is 24.8 Å². The standard InChI is InChI=1S/C26H20N4O6S3/c31-26(30-39(34,35)21-9-5-2-6-10-21)25(18-11-16-23-24(17-18)28-37-27-23)36-20-12-14-22(15-13-20)38(32,33)29-19-7-3-1-4-8-19/h1-17,25,29H,(H,30,31). The Morgan fingerprint density at radius 2 is 1.33 bits per heavy atom. The van der Waals surface area contributed by atoms with Crippen LogP contribution < -0.4 is 14.2 Å². The molecule has 1 atom stereocenters. The Hall–Kier alpha value is -4.33. The molecular formula is C26H20N4O6S3. The molecule has 1 unspecified atom stereocenters. The molecule has 39 heavy (non-hydrogen) atoms. The van der Waals surface area contributed by atoms with E-state index in [-0.39, 0.29) is 15.5 Å². The second-order valence-corrected chi connectivity index (χ2v) is 12.1. The minimum atomic E-state index is -4.19. The van der Waals surface area contributed by atoms with Crippen LogP contribution in [0.5, 0.6) is 5.75 Å². The molecule has 10 nitrogen and oxygen atoms in total. The molecule has 5 rings (SSSR count). The minimum absolute atomic E-state index is 0.0265. The quantitative estimate of drug-likeness (QED) is 0.265. The molecule has 0 fully saturated rings. The van der Waals surface area contributed by atoms with Gasteiger partial charge in [0.2, 0.25) is 6.10 Å². The van der Waals surface area contributed by atoms with Gasteiger partial charge in [0.1, 0.15) is 16.8 Å². The van der Waals surface area contributed by atoms with Crippen LogP contribution in [0.25, 0.3) is 11.0 Å². The third-order valence-corrected chi connectivity index (χ3v) is 8.84. The molecule has 1 heterocycles. The highest BCUT2D eigenvalue weighted by molar-refractivity contribution is 7.92. The van der Waals surface area contributed by atoms with Crippen molar-refractivity contribution in [2.75, 3.05) is 4.72 Å². The summed E-state index contributed by atoms with van der Waals surface area (Å²) < 4.78 is 70.0. The third kappa shape index (κ3) is 6.06. The van der Waals surface area contributed by atoms with Crippen LogP contribution in [0.1, 0.15) is 11.7 Å². The Kier molecular flexibility index (Phi) is 7.28. The molecular weight excluding hydrogens is 561 g/mol. The van der Waals surface area contributed by atoms with Crippen molar-refractivity contribution in [2.24, 2.45) is 0 Å². The number of hydrogen-bond acceptors (Lipinski definition) is 9. The lowest BCUT2D eigenvalue weighted by Gasteiger charge is -2.19. The average Bonchev–Trinajstić information content (AvgIpc) is 3.41. The van der Waals surface area contributed by atoms with Crippen molar-refractivity contribution in [1.29, 1.82) is 0 Å². The molecule has 1 amide bonds. The van der Waals surface area contributed by atoms with E-state index in [0.29, 0.717) is 22.3 Å². The SMILES string of the molecule is O=C(NS(=O)(=O)c1ccccc1)C(Oc1ccc(S(=O)(=O)Nc2ccccc2)cc1)c1ccc2nsnc2c1. The van der Waals surface area contributed by atoms with Crippen LogP contribution in [0.4, 0.5) is 5.69 Å². The normalized spacial score (nSPS) is 12.5. The zero-order chi connectivity index (χ0) is 27.5. The molecule has 0 spiro atoms. The summed E-state index contributed by atoms with van der Waals surface area (Å²) in [6.07, 6.45) is -1.40. The van der Waals surface area contributed by atoms with Gasteiger partial charge in [-0.25, -0.2) is 21.6 Å². The number of benzene rings is 4. The zero-order valence-corrected chi connectivity index (χ0v) is 22.4. The summed E-state index contributed by atoms with van der Waals surface area (Å²) in [4.78, 5) is 13.2. The van der Waals surface area contributed by atoms with Gasteiger partial charge in [0.25, 0.3) is 26.0 Å². The van der Waals surface area contributed by atoms with Crippen molar-refractivity contribution >= 4 is 54.4 Å². The Balaban J connectivity index is 1.42. The molecule has 0 bridgehead atoms. The summed E-state index contributed by atoms with van der Waals surface area (Å²) in [6.45, 7) is 0. The summed E-state index contributed by atoms with van der Waals surface area (Å²) in [5.74, 6) is -0.800. The summed E-state index contributed by atoms with van der Waals surface area (Å²) in [6, 6.07) is 26.1. The first kappa shape index (κ1) is 26.3. The molecule has 198 valence electrons. The smallest absolute Gasteiger partial charge is 0.279 e. The lowest BCUT2D eigenvalue weighted by Crippen LogP contribution is -2.36. The number of carbonyl (C=O) groups excluding carboxylic acids is 1. The number of hydrogen-bond donors (Lipinski definition) is 2. The predicted octanol–water partition coefficient (Wildman–Crippen LogP) is 4.12. The van der Waals surface area contributed by atoms with Crippen LogP contribution in [0, 0.1) is 0 Å². The van der Waals surface area contributed by atoms with E-state index in [1.54, 1.807) is 66.7 Å². The van der Waals surface area contributed by atoms with E-state index < -0.39 is 32.1 Å². The van der Waals surface area contributed by atoms with E-state index >= 15 is 0 Å². The highest BCUT2D eigenvalue weighted by Crippen LogP contribution is 2.27. The van der Waals surface area contributed by atoms with Crippen molar-refractivity contribution in [3.05, 3.63) is 109 Å². The first-order chi connectivity index (χ1) is 18.7. The van der Waals surface area contributed by atoms with Crippen LogP contribution in [0.3, 0.4) is 0 Å². The Morgan fingerprint density at radius 3 is 2.03 bits per heavy atom. The van der Waals surface area contributed by atoms with E-state index in [2.05, 4.69) is 18.2 Å². The van der Waals surface area contributed by atoms with Gasteiger partial charge in [-0.2, -0.15) is 8.75 Å². The monoisotopic (exact) mass is 580 g/mol. The van der Waals surface area contributed by atoms with Gasteiger partial charge in [0.05, 0.1) is 21.5 Å². The van der Waals surface area contributed by atoms with Crippen molar-refractivity contribution in [1.82, 2.24) is 13.5 Å². The average molecular weight is 581 g/mol. The van der Waals surface area contributed by atoms with Crippen molar-refractivity contribution in [3.63, 3.8) is 0 Å². The number of fused-ring (bicyclic) bond motifs is 1. The molecule has 0 aliphatic rings. The maximum atomic E-state index is 13.3. The van der Waals surface area contributed by atoms with Crippen LogP contribution >= 0.6 is 11.7 Å². The van der Waals surface area contributed by atoms with Gasteiger partial charge >= 0.3 is 0 Å². The number of amides is 1. The molecule has 0 radical (unpaired) electrons. The number of nitrogens with one attached hydrogen (secondary N) is 2. The fraction of sp³-hybridized carbons (Fsp3) is 0.0385. The predicted molar refractivity (Wildman–Crippen MR) is 146 cm³/mol. The summed E-state index contributed by atoms with van der Waals surface area (Å²) >= 11 is 0.997. The largest absolute Gasteiger partial charge is 0.476 e. The van der Waals surface area contributed by atoms with Gasteiger partial charge < -0.3 is 4.74 Å². The van der Waals surface area contributed by atoms with E-state index in [1.807, 2.05) is 0 Å². The van der Waals surface area contributed by atoms with Crippen LogP contribution in [0.15, 0.2) is 113 Å². The first-order valence-electron chi connectivity index (χ1n) is 11.4. The van der Waals surface area contributed by atoms with E-state index in [9.17, 15) is 21.6 Å². The van der Waals surface area contributed by atoms with E-state index in [4.69, 9.17) is 4.74 Å². The highest BCUT2D eigenvalue weighted by Gasteiger charge is 2.28. The molecule has 4 aromatic carbocycles. The van der Waals surface area contributed by atoms with Crippen LogP contribution in [0.2, 0.25) is 0 Å². The summed E-state index contributed by atoms with van der Waals surface area (Å²) in [5.41, 5.74) is 1.86. The molecule has 2 N–H and O–H groups in total. The van der Waals surface area contributed by atoms with Crippen molar-refractivity contribution in [3.8, 4) is 5.75 Å². The minimum Gasteiger partial charge on any atom is -0.476 e. The van der Waals surface area contributed by atoms with E-state index in [0.717, 1.165) is 11.7 Å². The number of sulfonamides is 2. The number of nitrogens with zero attached hydrogens (tertiary/aromatic N) is 2. The number of aromatic nitrogens is 2. The lowest BCUT2D eigenvalue weighted by atomic mass is 10.1. The van der Waals surface area contributed by atoms with Gasteiger partial charge in [-0.1, -0.05) is 42.5 Å². The van der Waals surface area contributed by atoms with Gasteiger partial charge in [0, 0.05) is 11.3 Å². The molecule has 5 aromatic rings. The van der Waals surface area contributed by atoms with Crippen molar-refractivity contribution < 1.29 is 26.4 Å². The maximum absolute atomic E-state index is 13.3. The summed E-state index contributed by atoms with van der Waals surface area (Å²) in [7, 11) is -8.06. The second kappa shape index (κ2) is 10.8. The van der Waals surface area contributed by atoms with E-state index in [1.165, 1.54) is 36.4 Å². The Bertz CT molecular complexity index is 1830. The van der Waals surface area contributed by atoms with Gasteiger partial charge in [-0.15, -0.1) is 0 Å². The number of anilines is 1. The van der Waals surface area contributed by atoms with Gasteiger partial charge in [-0.05, 0) is 60.7 Å². The molecule has 0 aliphatic heterocycles. The molecule has 1 aromatic heterocycles. The lowest BCUT2D eigenvalue weighted by molar-refractivity contribution is -0.126. The maximum Gasteiger partial charge on any atom is 0.279 e.